The van der Waals surface area contributed by atoms with Crippen molar-refractivity contribution in [2.45, 2.75) is 33.6 Å². The van der Waals surface area contributed by atoms with Crippen LogP contribution in [0.3, 0.4) is 0 Å². The molecule has 0 bridgehead atoms. The van der Waals surface area contributed by atoms with E-state index < -0.39 is 11.9 Å². The van der Waals surface area contributed by atoms with Crippen molar-refractivity contribution >= 4 is 11.9 Å². The van der Waals surface area contributed by atoms with Crippen LogP contribution >= 0.6 is 0 Å². The first-order chi connectivity index (χ1) is 8.34. The van der Waals surface area contributed by atoms with Crippen LogP contribution in [0.4, 0.5) is 0 Å². The molecule has 0 spiro atoms. The molecule has 6 heteroatoms. The van der Waals surface area contributed by atoms with Crippen molar-refractivity contribution < 1.29 is 14.7 Å². The zero-order valence-corrected chi connectivity index (χ0v) is 11.1. The molecule has 0 fully saturated rings. The summed E-state index contributed by atoms with van der Waals surface area (Å²) < 4.78 is 0. The number of hydrogen-bond donors (Lipinski definition) is 3. The van der Waals surface area contributed by atoms with Gasteiger partial charge in [-0.3, -0.25) is 14.7 Å². The molecule has 0 saturated carbocycles. The lowest BCUT2D eigenvalue weighted by atomic mass is 10.0. The van der Waals surface area contributed by atoms with E-state index in [0.717, 1.165) is 11.3 Å². The van der Waals surface area contributed by atoms with Crippen LogP contribution in [0, 0.1) is 12.8 Å². The summed E-state index contributed by atoms with van der Waals surface area (Å²) in [5.41, 5.74) is 2.06. The Morgan fingerprint density at radius 3 is 2.44 bits per heavy atom. The lowest BCUT2D eigenvalue weighted by Crippen LogP contribution is -2.32. The first-order valence-electron chi connectivity index (χ1n) is 5.90. The lowest BCUT2D eigenvalue weighted by Gasteiger charge is -2.07. The summed E-state index contributed by atoms with van der Waals surface area (Å²) in [6, 6.07) is 0. The highest BCUT2D eigenvalue weighted by Crippen LogP contribution is 2.18. The monoisotopic (exact) mass is 253 g/mol. The van der Waals surface area contributed by atoms with Crippen LogP contribution in [0.25, 0.3) is 0 Å². The molecule has 1 unspecified atom stereocenters. The average Bonchev–Trinajstić information content (AvgIpc) is 2.67. The molecular formula is C12H19N3O3. The number of nitrogens with one attached hydrogen (secondary N) is 2. The number of aromatic nitrogens is 2. The predicted octanol–water partition coefficient (Wildman–Crippen LogP) is 1.29. The zero-order valence-electron chi connectivity index (χ0n) is 11.1. The van der Waals surface area contributed by atoms with Crippen LogP contribution < -0.4 is 5.32 Å². The van der Waals surface area contributed by atoms with Crippen molar-refractivity contribution in [2.75, 3.05) is 6.54 Å². The molecule has 0 radical (unpaired) electrons. The molecule has 1 aromatic heterocycles. The number of carboxylic acids is 1. The SMILES string of the molecule is Cc1c(C(=O)NCC(C)C(=O)O)n[nH]c1C(C)C. The van der Waals surface area contributed by atoms with Gasteiger partial charge in [-0.15, -0.1) is 0 Å². The number of carbonyl (C=O) groups is 2. The van der Waals surface area contributed by atoms with Crippen molar-refractivity contribution in [1.29, 1.82) is 0 Å². The summed E-state index contributed by atoms with van der Waals surface area (Å²) in [4.78, 5) is 22.5. The second-order valence-corrected chi connectivity index (χ2v) is 4.71. The number of aliphatic carboxylic acids is 1. The van der Waals surface area contributed by atoms with E-state index in [4.69, 9.17) is 5.11 Å². The van der Waals surface area contributed by atoms with Gasteiger partial charge < -0.3 is 10.4 Å². The van der Waals surface area contributed by atoms with Crippen molar-refractivity contribution in [3.8, 4) is 0 Å². The number of aromatic amines is 1. The molecular weight excluding hydrogens is 234 g/mol. The Labute approximate surface area is 106 Å². The van der Waals surface area contributed by atoms with Gasteiger partial charge in [0.1, 0.15) is 0 Å². The van der Waals surface area contributed by atoms with Gasteiger partial charge in [-0.2, -0.15) is 5.10 Å². The fourth-order valence-electron chi connectivity index (χ4n) is 1.61. The number of hydrogen-bond acceptors (Lipinski definition) is 3. The number of nitrogens with zero attached hydrogens (tertiary/aromatic N) is 1. The Morgan fingerprint density at radius 2 is 2.00 bits per heavy atom. The third-order valence-corrected chi connectivity index (χ3v) is 2.83. The van der Waals surface area contributed by atoms with Crippen LogP contribution in [-0.2, 0) is 4.79 Å². The maximum atomic E-state index is 11.8. The number of carboxylic acid groups (broad SMARTS) is 1. The van der Waals surface area contributed by atoms with Crippen LogP contribution in [0.15, 0.2) is 0 Å². The molecule has 3 N–H and O–H groups in total. The minimum absolute atomic E-state index is 0.0947. The largest absolute Gasteiger partial charge is 0.481 e. The molecule has 100 valence electrons. The fraction of sp³-hybridized carbons (Fsp3) is 0.583. The van der Waals surface area contributed by atoms with Crippen molar-refractivity contribution in [2.24, 2.45) is 5.92 Å². The Kier molecular flexibility index (Phi) is 4.47. The van der Waals surface area contributed by atoms with Gasteiger partial charge in [-0.05, 0) is 12.8 Å². The van der Waals surface area contributed by atoms with Gasteiger partial charge in [0, 0.05) is 17.8 Å². The smallest absolute Gasteiger partial charge is 0.308 e. The minimum Gasteiger partial charge on any atom is -0.481 e. The van der Waals surface area contributed by atoms with Gasteiger partial charge in [-0.25, -0.2) is 0 Å². The second kappa shape index (κ2) is 5.66. The molecule has 1 aromatic rings. The van der Waals surface area contributed by atoms with E-state index in [1.54, 1.807) is 6.92 Å². The fourth-order valence-corrected chi connectivity index (χ4v) is 1.61. The number of H-pyrrole nitrogens is 1. The standard InChI is InChI=1S/C12H19N3O3/c1-6(2)9-8(4)10(15-14-9)11(16)13-5-7(3)12(17)18/h6-7H,5H2,1-4H3,(H,13,16)(H,14,15)(H,17,18). The second-order valence-electron chi connectivity index (χ2n) is 4.71. The third-order valence-electron chi connectivity index (χ3n) is 2.83. The highest BCUT2D eigenvalue weighted by Gasteiger charge is 2.19. The summed E-state index contributed by atoms with van der Waals surface area (Å²) in [6.45, 7) is 7.48. The van der Waals surface area contributed by atoms with E-state index in [9.17, 15) is 9.59 Å². The normalized spacial score (nSPS) is 12.5. The van der Waals surface area contributed by atoms with E-state index in [0.29, 0.717) is 5.69 Å². The molecule has 6 nitrogen and oxygen atoms in total. The van der Waals surface area contributed by atoms with Crippen LogP contribution in [0.2, 0.25) is 0 Å². The van der Waals surface area contributed by atoms with E-state index in [1.165, 1.54) is 0 Å². The Balaban J connectivity index is 2.71. The van der Waals surface area contributed by atoms with Crippen LogP contribution in [-0.4, -0.2) is 33.7 Å². The van der Waals surface area contributed by atoms with Gasteiger partial charge in [0.2, 0.25) is 0 Å². The van der Waals surface area contributed by atoms with E-state index in [1.807, 2.05) is 20.8 Å². The summed E-state index contributed by atoms with van der Waals surface area (Å²) in [6.07, 6.45) is 0. The zero-order chi connectivity index (χ0) is 13.9. The maximum Gasteiger partial charge on any atom is 0.308 e. The maximum absolute atomic E-state index is 11.8. The molecule has 1 amide bonds. The Hall–Kier alpha value is -1.85. The molecule has 18 heavy (non-hydrogen) atoms. The summed E-state index contributed by atoms with van der Waals surface area (Å²) in [5, 5.41) is 18.1. The first kappa shape index (κ1) is 14.2. The molecule has 0 aliphatic carbocycles. The summed E-state index contributed by atoms with van der Waals surface area (Å²) >= 11 is 0. The third kappa shape index (κ3) is 3.09. The minimum atomic E-state index is -0.933. The van der Waals surface area contributed by atoms with Crippen LogP contribution in [0.5, 0.6) is 0 Å². The predicted molar refractivity (Wildman–Crippen MR) is 66.5 cm³/mol. The van der Waals surface area contributed by atoms with Gasteiger partial charge in [-0.1, -0.05) is 20.8 Å². The number of amides is 1. The molecule has 0 aliphatic rings. The van der Waals surface area contributed by atoms with E-state index >= 15 is 0 Å². The molecule has 0 aromatic carbocycles. The molecule has 1 rings (SSSR count). The summed E-state index contributed by atoms with van der Waals surface area (Å²) in [7, 11) is 0. The van der Waals surface area contributed by atoms with E-state index in [-0.39, 0.29) is 18.4 Å². The number of rotatable bonds is 5. The first-order valence-corrected chi connectivity index (χ1v) is 5.90. The Bertz CT molecular complexity index is 451. The molecule has 0 saturated heterocycles. The average molecular weight is 253 g/mol. The molecule has 1 heterocycles. The van der Waals surface area contributed by atoms with E-state index in [2.05, 4.69) is 15.5 Å². The van der Waals surface area contributed by atoms with Crippen LogP contribution in [0.1, 0.15) is 48.4 Å². The van der Waals surface area contributed by atoms with Gasteiger partial charge in [0.25, 0.3) is 5.91 Å². The molecule has 0 aliphatic heterocycles. The van der Waals surface area contributed by atoms with Crippen molar-refractivity contribution in [1.82, 2.24) is 15.5 Å². The van der Waals surface area contributed by atoms with Gasteiger partial charge in [0.05, 0.1) is 5.92 Å². The number of carbonyl (C=O) groups excluding carboxylic acids is 1. The van der Waals surface area contributed by atoms with Gasteiger partial charge in [0.15, 0.2) is 5.69 Å². The van der Waals surface area contributed by atoms with Crippen molar-refractivity contribution in [3.63, 3.8) is 0 Å². The lowest BCUT2D eigenvalue weighted by molar-refractivity contribution is -0.140. The Morgan fingerprint density at radius 1 is 1.39 bits per heavy atom. The highest BCUT2D eigenvalue weighted by atomic mass is 16.4. The van der Waals surface area contributed by atoms with Crippen molar-refractivity contribution in [3.05, 3.63) is 17.0 Å². The quantitative estimate of drug-likeness (QED) is 0.737. The van der Waals surface area contributed by atoms with Gasteiger partial charge >= 0.3 is 5.97 Å². The summed E-state index contributed by atoms with van der Waals surface area (Å²) in [5.74, 6) is -1.63. The molecule has 1 atom stereocenters. The highest BCUT2D eigenvalue weighted by molar-refractivity contribution is 5.94. The topological polar surface area (TPSA) is 95.1 Å².